The zero-order chi connectivity index (χ0) is 22.7. The summed E-state index contributed by atoms with van der Waals surface area (Å²) in [4.78, 5) is 36.0. The van der Waals surface area contributed by atoms with Crippen molar-refractivity contribution in [2.75, 3.05) is 17.7 Å². The molecule has 10 heteroatoms. The molecule has 0 saturated heterocycles. The average Bonchev–Trinajstić information content (AvgIpc) is 2.79. The molecule has 0 atom stereocenters. The van der Waals surface area contributed by atoms with E-state index >= 15 is 0 Å². The van der Waals surface area contributed by atoms with Crippen LogP contribution in [0.15, 0.2) is 60.9 Å². The van der Waals surface area contributed by atoms with E-state index in [0.717, 1.165) is 16.6 Å². The SMILES string of the molecule is COC(=O)c1ccccc1Nc1ncnc(Nc2cccc3nc(C)ccc23)c1[N+](=O)[O-]. The van der Waals surface area contributed by atoms with Crippen LogP contribution in [0.2, 0.25) is 0 Å². The van der Waals surface area contributed by atoms with Crippen molar-refractivity contribution in [2.24, 2.45) is 0 Å². The normalized spacial score (nSPS) is 10.6. The monoisotopic (exact) mass is 430 g/mol. The van der Waals surface area contributed by atoms with Gasteiger partial charge in [-0.25, -0.2) is 14.8 Å². The number of pyridine rings is 1. The number of methoxy groups -OCH3 is 1. The number of esters is 1. The summed E-state index contributed by atoms with van der Waals surface area (Å²) in [5, 5.41) is 18.6. The van der Waals surface area contributed by atoms with Gasteiger partial charge in [0.2, 0.25) is 11.6 Å². The molecule has 10 nitrogen and oxygen atoms in total. The van der Waals surface area contributed by atoms with Crippen molar-refractivity contribution in [2.45, 2.75) is 6.92 Å². The van der Waals surface area contributed by atoms with Crippen molar-refractivity contribution in [3.8, 4) is 0 Å². The Morgan fingerprint density at radius 3 is 2.38 bits per heavy atom. The summed E-state index contributed by atoms with van der Waals surface area (Å²) in [6.45, 7) is 1.89. The smallest absolute Gasteiger partial charge is 0.353 e. The van der Waals surface area contributed by atoms with E-state index in [9.17, 15) is 14.9 Å². The summed E-state index contributed by atoms with van der Waals surface area (Å²) < 4.78 is 4.78. The summed E-state index contributed by atoms with van der Waals surface area (Å²) >= 11 is 0. The Labute approximate surface area is 182 Å². The number of hydrogen-bond donors (Lipinski definition) is 2. The lowest BCUT2D eigenvalue weighted by atomic mass is 10.1. The molecular weight excluding hydrogens is 412 g/mol. The summed E-state index contributed by atoms with van der Waals surface area (Å²) in [5.74, 6) is -0.657. The van der Waals surface area contributed by atoms with Crippen molar-refractivity contribution in [1.29, 1.82) is 0 Å². The highest BCUT2D eigenvalue weighted by Crippen LogP contribution is 2.35. The predicted octanol–water partition coefficient (Wildman–Crippen LogP) is 4.52. The van der Waals surface area contributed by atoms with Crippen LogP contribution in [0, 0.1) is 17.0 Å². The molecule has 0 amide bonds. The Hall–Kier alpha value is -4.60. The van der Waals surface area contributed by atoms with Gasteiger partial charge in [0, 0.05) is 16.8 Å². The molecule has 4 rings (SSSR count). The van der Waals surface area contributed by atoms with Gasteiger partial charge in [0.15, 0.2) is 0 Å². The number of fused-ring (bicyclic) bond motifs is 1. The van der Waals surface area contributed by atoms with Gasteiger partial charge >= 0.3 is 11.7 Å². The lowest BCUT2D eigenvalue weighted by Gasteiger charge is -2.13. The van der Waals surface area contributed by atoms with Crippen LogP contribution in [-0.2, 0) is 4.74 Å². The number of aryl methyl sites for hydroxylation is 1. The molecule has 0 spiro atoms. The van der Waals surface area contributed by atoms with Gasteiger partial charge in [0.25, 0.3) is 0 Å². The van der Waals surface area contributed by atoms with Crippen LogP contribution in [0.4, 0.5) is 28.7 Å². The standard InChI is InChI=1S/C22H18N6O4/c1-13-10-11-14-16(25-13)8-5-9-17(14)26-20-19(28(30)31)21(24-12-23-20)27-18-7-4-3-6-15(18)22(29)32-2/h3-12H,1-2H3,(H2,23,24,26,27). The molecule has 0 radical (unpaired) electrons. The number of hydrogen-bond acceptors (Lipinski definition) is 9. The summed E-state index contributed by atoms with van der Waals surface area (Å²) in [6.07, 6.45) is 1.20. The molecule has 0 unspecified atom stereocenters. The maximum Gasteiger partial charge on any atom is 0.353 e. The molecule has 2 N–H and O–H groups in total. The van der Waals surface area contributed by atoms with Crippen molar-refractivity contribution in [3.63, 3.8) is 0 Å². The van der Waals surface area contributed by atoms with Crippen LogP contribution < -0.4 is 10.6 Å². The van der Waals surface area contributed by atoms with Crippen LogP contribution >= 0.6 is 0 Å². The molecule has 4 aromatic rings. The second-order valence-electron chi connectivity index (χ2n) is 6.79. The first-order valence-corrected chi connectivity index (χ1v) is 9.55. The number of nitrogens with zero attached hydrogens (tertiary/aromatic N) is 4. The van der Waals surface area contributed by atoms with Crippen molar-refractivity contribution in [1.82, 2.24) is 15.0 Å². The molecule has 0 fully saturated rings. The van der Waals surface area contributed by atoms with E-state index in [-0.39, 0.29) is 22.9 Å². The predicted molar refractivity (Wildman–Crippen MR) is 120 cm³/mol. The van der Waals surface area contributed by atoms with Gasteiger partial charge in [-0.05, 0) is 43.3 Å². The lowest BCUT2D eigenvalue weighted by Crippen LogP contribution is -2.09. The first kappa shape index (κ1) is 20.7. The largest absolute Gasteiger partial charge is 0.465 e. The van der Waals surface area contributed by atoms with Crippen molar-refractivity contribution in [3.05, 3.63) is 82.3 Å². The molecule has 2 aromatic heterocycles. The topological polar surface area (TPSA) is 132 Å². The van der Waals surface area contributed by atoms with Crippen LogP contribution in [-0.4, -0.2) is 33.0 Å². The zero-order valence-corrected chi connectivity index (χ0v) is 17.2. The van der Waals surface area contributed by atoms with Crippen LogP contribution in [0.25, 0.3) is 10.9 Å². The van der Waals surface area contributed by atoms with Crippen LogP contribution in [0.1, 0.15) is 16.1 Å². The number of anilines is 4. The number of carbonyl (C=O) groups is 1. The molecule has 0 saturated carbocycles. The summed E-state index contributed by atoms with van der Waals surface area (Å²) in [6, 6.07) is 15.7. The maximum absolute atomic E-state index is 12.1. The molecule has 0 bridgehead atoms. The number of aromatic nitrogens is 3. The fraction of sp³-hybridized carbons (Fsp3) is 0.0909. The van der Waals surface area contributed by atoms with Gasteiger partial charge < -0.3 is 15.4 Å². The highest BCUT2D eigenvalue weighted by atomic mass is 16.6. The highest BCUT2D eigenvalue weighted by molar-refractivity contribution is 5.97. The van der Waals surface area contributed by atoms with E-state index < -0.39 is 10.9 Å². The highest BCUT2D eigenvalue weighted by Gasteiger charge is 2.25. The minimum Gasteiger partial charge on any atom is -0.465 e. The van der Waals surface area contributed by atoms with Gasteiger partial charge in [-0.15, -0.1) is 0 Å². The van der Waals surface area contributed by atoms with E-state index in [2.05, 4.69) is 25.6 Å². The fourth-order valence-corrected chi connectivity index (χ4v) is 3.24. The van der Waals surface area contributed by atoms with Gasteiger partial charge in [0.05, 0.1) is 28.8 Å². The molecule has 0 aliphatic rings. The van der Waals surface area contributed by atoms with Gasteiger partial charge in [0.1, 0.15) is 6.33 Å². The number of rotatable bonds is 6. The minimum absolute atomic E-state index is 0.00359. The fourth-order valence-electron chi connectivity index (χ4n) is 3.24. The Bertz CT molecular complexity index is 1340. The van der Waals surface area contributed by atoms with Crippen LogP contribution in [0.5, 0.6) is 0 Å². The molecule has 0 aliphatic heterocycles. The van der Waals surface area contributed by atoms with E-state index in [4.69, 9.17) is 4.74 Å². The summed E-state index contributed by atoms with van der Waals surface area (Å²) in [7, 11) is 1.26. The molecule has 2 aromatic carbocycles. The van der Waals surface area contributed by atoms with E-state index in [1.54, 1.807) is 36.4 Å². The van der Waals surface area contributed by atoms with Crippen molar-refractivity contribution < 1.29 is 14.5 Å². The third-order valence-electron chi connectivity index (χ3n) is 4.71. The second kappa shape index (κ2) is 8.64. The summed E-state index contributed by atoms with van der Waals surface area (Å²) in [5.41, 5.74) is 2.38. The number of benzene rings is 2. The Kier molecular flexibility index (Phi) is 5.58. The lowest BCUT2D eigenvalue weighted by molar-refractivity contribution is -0.383. The first-order valence-electron chi connectivity index (χ1n) is 9.55. The molecule has 160 valence electrons. The first-order chi connectivity index (χ1) is 15.5. The van der Waals surface area contributed by atoms with E-state index in [1.807, 2.05) is 25.1 Å². The number of para-hydroxylation sites is 1. The molecular formula is C22H18N6O4. The van der Waals surface area contributed by atoms with Gasteiger partial charge in [-0.2, -0.15) is 0 Å². The van der Waals surface area contributed by atoms with Crippen molar-refractivity contribution >= 4 is 45.6 Å². The number of carbonyl (C=O) groups excluding carboxylic acids is 1. The third-order valence-corrected chi connectivity index (χ3v) is 4.71. The Balaban J connectivity index is 1.76. The molecule has 2 heterocycles. The quantitative estimate of drug-likeness (QED) is 0.257. The van der Waals surface area contributed by atoms with Gasteiger partial charge in [-0.3, -0.25) is 15.1 Å². The average molecular weight is 430 g/mol. The maximum atomic E-state index is 12.1. The van der Waals surface area contributed by atoms with Crippen LogP contribution in [0.3, 0.4) is 0 Å². The number of ether oxygens (including phenoxy) is 1. The van der Waals surface area contributed by atoms with E-state index in [0.29, 0.717) is 11.4 Å². The van der Waals surface area contributed by atoms with Gasteiger partial charge in [-0.1, -0.05) is 18.2 Å². The zero-order valence-electron chi connectivity index (χ0n) is 17.2. The second-order valence-corrected chi connectivity index (χ2v) is 6.79. The number of nitrogens with one attached hydrogen (secondary N) is 2. The minimum atomic E-state index is -0.584. The Morgan fingerprint density at radius 2 is 1.66 bits per heavy atom. The third kappa shape index (κ3) is 4.01. The van der Waals surface area contributed by atoms with E-state index in [1.165, 1.54) is 13.4 Å². The Morgan fingerprint density at radius 1 is 0.969 bits per heavy atom. The molecule has 32 heavy (non-hydrogen) atoms. The number of nitro groups is 1. The molecule has 0 aliphatic carbocycles.